The molecule has 28 heavy (non-hydrogen) atoms. The number of carbonyl (C=O) groups excluding carboxylic acids is 4. The van der Waals surface area contributed by atoms with Gasteiger partial charge in [-0.3, -0.25) is 29.4 Å². The number of nitrogens with one attached hydrogen (secondary N) is 1. The van der Waals surface area contributed by atoms with Crippen molar-refractivity contribution in [2.45, 2.75) is 38.1 Å². The molecule has 0 saturated carbocycles. The van der Waals surface area contributed by atoms with Crippen molar-refractivity contribution in [1.82, 2.24) is 10.2 Å². The first-order valence-corrected chi connectivity index (χ1v) is 9.61. The number of hydrogen-bond donors (Lipinski definition) is 1. The average Bonchev–Trinajstić information content (AvgIpc) is 2.93. The molecular formula is C20H22N2O6. The lowest BCUT2D eigenvalue weighted by molar-refractivity contribution is -0.136. The van der Waals surface area contributed by atoms with Crippen LogP contribution in [0.3, 0.4) is 0 Å². The van der Waals surface area contributed by atoms with Crippen molar-refractivity contribution in [2.24, 2.45) is 5.92 Å². The van der Waals surface area contributed by atoms with Gasteiger partial charge in [-0.1, -0.05) is 0 Å². The van der Waals surface area contributed by atoms with Crippen molar-refractivity contribution in [3.63, 3.8) is 0 Å². The van der Waals surface area contributed by atoms with Gasteiger partial charge in [0.25, 0.3) is 11.8 Å². The van der Waals surface area contributed by atoms with Gasteiger partial charge in [0.1, 0.15) is 11.8 Å². The third-order valence-electron chi connectivity index (χ3n) is 5.55. The number of rotatable bonds is 5. The molecule has 0 radical (unpaired) electrons. The Hall–Kier alpha value is -2.74. The summed E-state index contributed by atoms with van der Waals surface area (Å²) in [6.07, 6.45) is 3.22. The van der Waals surface area contributed by atoms with Crippen molar-refractivity contribution < 1.29 is 28.7 Å². The summed E-state index contributed by atoms with van der Waals surface area (Å²) in [5, 5.41) is 2.19. The highest BCUT2D eigenvalue weighted by Crippen LogP contribution is 2.30. The number of carbonyl (C=O) groups is 4. The molecule has 1 atom stereocenters. The molecule has 2 saturated heterocycles. The summed E-state index contributed by atoms with van der Waals surface area (Å²) in [5.74, 6) is -0.934. The van der Waals surface area contributed by atoms with Crippen molar-refractivity contribution in [3.05, 3.63) is 29.3 Å². The maximum Gasteiger partial charge on any atom is 0.262 e. The van der Waals surface area contributed by atoms with Crippen LogP contribution >= 0.6 is 0 Å². The maximum atomic E-state index is 12.8. The minimum atomic E-state index is -0.956. The van der Waals surface area contributed by atoms with Crippen molar-refractivity contribution in [2.75, 3.05) is 19.8 Å². The zero-order valence-corrected chi connectivity index (χ0v) is 15.4. The van der Waals surface area contributed by atoms with Crippen LogP contribution in [0.2, 0.25) is 0 Å². The highest BCUT2D eigenvalue weighted by molar-refractivity contribution is 6.23. The van der Waals surface area contributed by atoms with Crippen LogP contribution in [0.4, 0.5) is 0 Å². The molecule has 0 aliphatic carbocycles. The number of imide groups is 2. The predicted molar refractivity (Wildman–Crippen MR) is 96.8 cm³/mol. The normalized spacial score (nSPS) is 23.0. The molecule has 148 valence electrons. The molecule has 4 amide bonds. The topological polar surface area (TPSA) is 102 Å². The number of amides is 4. The van der Waals surface area contributed by atoms with Crippen LogP contribution in [0.25, 0.3) is 0 Å². The van der Waals surface area contributed by atoms with E-state index >= 15 is 0 Å². The Labute approximate surface area is 162 Å². The molecule has 0 aromatic heterocycles. The highest BCUT2D eigenvalue weighted by Gasteiger charge is 2.44. The Kier molecular flexibility index (Phi) is 5.13. The second kappa shape index (κ2) is 7.71. The number of benzene rings is 1. The quantitative estimate of drug-likeness (QED) is 0.765. The van der Waals surface area contributed by atoms with Gasteiger partial charge in [0, 0.05) is 19.6 Å². The van der Waals surface area contributed by atoms with E-state index in [1.165, 1.54) is 0 Å². The first-order chi connectivity index (χ1) is 13.5. The third kappa shape index (κ3) is 3.52. The Bertz CT molecular complexity index is 830. The van der Waals surface area contributed by atoms with Gasteiger partial charge >= 0.3 is 0 Å². The molecule has 0 bridgehead atoms. The van der Waals surface area contributed by atoms with E-state index in [1.807, 2.05) is 0 Å². The minimum absolute atomic E-state index is 0.102. The molecule has 4 rings (SSSR count). The van der Waals surface area contributed by atoms with Crippen LogP contribution < -0.4 is 10.1 Å². The second-order valence-electron chi connectivity index (χ2n) is 7.35. The lowest BCUT2D eigenvalue weighted by atomic mass is 9.97. The van der Waals surface area contributed by atoms with Gasteiger partial charge < -0.3 is 9.47 Å². The molecule has 8 heteroatoms. The lowest BCUT2D eigenvalue weighted by Crippen LogP contribution is -2.54. The van der Waals surface area contributed by atoms with Gasteiger partial charge in [0.2, 0.25) is 11.8 Å². The van der Waals surface area contributed by atoms with Gasteiger partial charge in [0.05, 0.1) is 17.7 Å². The predicted octanol–water partition coefficient (Wildman–Crippen LogP) is 1.28. The third-order valence-corrected chi connectivity index (χ3v) is 5.55. The molecular weight excluding hydrogens is 364 g/mol. The molecule has 1 aromatic carbocycles. The van der Waals surface area contributed by atoms with E-state index in [-0.39, 0.29) is 24.0 Å². The Balaban J connectivity index is 1.43. The van der Waals surface area contributed by atoms with Gasteiger partial charge in [-0.15, -0.1) is 0 Å². The number of fused-ring (bicyclic) bond motifs is 1. The van der Waals surface area contributed by atoms with E-state index in [0.29, 0.717) is 18.3 Å². The monoisotopic (exact) mass is 386 g/mol. The van der Waals surface area contributed by atoms with E-state index < -0.39 is 29.7 Å². The smallest absolute Gasteiger partial charge is 0.262 e. The van der Waals surface area contributed by atoms with Gasteiger partial charge in [0.15, 0.2) is 0 Å². The van der Waals surface area contributed by atoms with Crippen molar-refractivity contribution >= 4 is 23.6 Å². The van der Waals surface area contributed by atoms with E-state index in [2.05, 4.69) is 5.32 Å². The first-order valence-electron chi connectivity index (χ1n) is 9.61. The highest BCUT2D eigenvalue weighted by atomic mass is 16.5. The summed E-state index contributed by atoms with van der Waals surface area (Å²) in [7, 11) is 0. The van der Waals surface area contributed by atoms with Crippen LogP contribution in [0.15, 0.2) is 18.2 Å². The summed E-state index contributed by atoms with van der Waals surface area (Å²) in [6.45, 7) is 2.11. The van der Waals surface area contributed by atoms with E-state index in [9.17, 15) is 19.2 Å². The summed E-state index contributed by atoms with van der Waals surface area (Å²) < 4.78 is 11.1. The lowest BCUT2D eigenvalue weighted by Gasteiger charge is -2.27. The standard InChI is InChI=1S/C20H22N2O6/c23-17-4-3-16(18(24)21-17)22-19(25)14-2-1-13(11-15(14)20(22)26)28-10-7-12-5-8-27-9-6-12/h1-2,11-12,16H,3-10H2,(H,21,23,24). The van der Waals surface area contributed by atoms with Crippen LogP contribution in [-0.4, -0.2) is 54.4 Å². The van der Waals surface area contributed by atoms with Crippen LogP contribution in [0.5, 0.6) is 5.75 Å². The largest absolute Gasteiger partial charge is 0.494 e. The van der Waals surface area contributed by atoms with Gasteiger partial charge in [-0.25, -0.2) is 0 Å². The Morgan fingerprint density at radius 1 is 1.04 bits per heavy atom. The molecule has 0 spiro atoms. The first kappa shape index (κ1) is 18.6. The maximum absolute atomic E-state index is 12.8. The minimum Gasteiger partial charge on any atom is -0.494 e. The summed E-state index contributed by atoms with van der Waals surface area (Å²) >= 11 is 0. The van der Waals surface area contributed by atoms with E-state index in [1.54, 1.807) is 18.2 Å². The SMILES string of the molecule is O=C1CCC(N2C(=O)c3ccc(OCCC4CCOCC4)cc3C2=O)C(=O)N1. The fraction of sp³-hybridized carbons (Fsp3) is 0.500. The molecule has 8 nitrogen and oxygen atoms in total. The zero-order valence-electron chi connectivity index (χ0n) is 15.4. The summed E-state index contributed by atoms with van der Waals surface area (Å²) in [4.78, 5) is 49.8. The van der Waals surface area contributed by atoms with Gasteiger partial charge in [-0.05, 0) is 49.8 Å². The summed E-state index contributed by atoms with van der Waals surface area (Å²) in [5.41, 5.74) is 0.491. The molecule has 1 unspecified atom stereocenters. The number of ether oxygens (including phenoxy) is 2. The van der Waals surface area contributed by atoms with Crippen LogP contribution in [0.1, 0.15) is 52.8 Å². The summed E-state index contributed by atoms with van der Waals surface area (Å²) in [6, 6.07) is 3.83. The molecule has 3 heterocycles. The molecule has 3 aliphatic heterocycles. The zero-order chi connectivity index (χ0) is 19.7. The Morgan fingerprint density at radius 2 is 1.79 bits per heavy atom. The fourth-order valence-corrected chi connectivity index (χ4v) is 3.92. The average molecular weight is 386 g/mol. The van der Waals surface area contributed by atoms with Crippen LogP contribution in [0, 0.1) is 5.92 Å². The number of piperidine rings is 1. The molecule has 1 N–H and O–H groups in total. The van der Waals surface area contributed by atoms with Crippen LogP contribution in [-0.2, 0) is 14.3 Å². The number of nitrogens with zero attached hydrogens (tertiary/aromatic N) is 1. The van der Waals surface area contributed by atoms with E-state index in [0.717, 1.165) is 37.4 Å². The van der Waals surface area contributed by atoms with E-state index in [4.69, 9.17) is 9.47 Å². The van der Waals surface area contributed by atoms with Gasteiger partial charge in [-0.2, -0.15) is 0 Å². The molecule has 1 aromatic rings. The number of hydrogen-bond acceptors (Lipinski definition) is 6. The van der Waals surface area contributed by atoms with Crippen molar-refractivity contribution in [3.8, 4) is 5.75 Å². The molecule has 3 aliphatic rings. The fourth-order valence-electron chi connectivity index (χ4n) is 3.92. The Morgan fingerprint density at radius 3 is 2.54 bits per heavy atom. The molecule has 2 fully saturated rings. The van der Waals surface area contributed by atoms with Crippen molar-refractivity contribution in [1.29, 1.82) is 0 Å². The second-order valence-corrected chi connectivity index (χ2v) is 7.35.